The summed E-state index contributed by atoms with van der Waals surface area (Å²) in [4.78, 5) is 31.6. The maximum absolute atomic E-state index is 13.0. The minimum atomic E-state index is -0.774. The van der Waals surface area contributed by atoms with E-state index in [2.05, 4.69) is 4.98 Å². The zero-order chi connectivity index (χ0) is 22.0. The molecule has 0 saturated carbocycles. The number of para-hydroxylation sites is 1. The van der Waals surface area contributed by atoms with Crippen LogP contribution in [0, 0.1) is 0 Å². The van der Waals surface area contributed by atoms with Crippen LogP contribution < -0.4 is 4.74 Å². The van der Waals surface area contributed by atoms with Gasteiger partial charge in [0, 0.05) is 28.5 Å². The normalized spacial score (nSPS) is 17.7. The third-order valence-corrected chi connectivity index (χ3v) is 5.46. The average molecular weight is 435 g/mol. The van der Waals surface area contributed by atoms with E-state index in [4.69, 9.17) is 16.3 Å². The van der Waals surface area contributed by atoms with Gasteiger partial charge in [-0.3, -0.25) is 14.6 Å². The van der Waals surface area contributed by atoms with Crippen LogP contribution in [0.3, 0.4) is 0 Å². The maximum Gasteiger partial charge on any atom is 0.295 e. The molecule has 1 aromatic heterocycles. The summed E-state index contributed by atoms with van der Waals surface area (Å²) in [5.41, 5.74) is 1.84. The van der Waals surface area contributed by atoms with Crippen LogP contribution in [0.1, 0.15) is 22.7 Å². The fourth-order valence-electron chi connectivity index (χ4n) is 3.72. The van der Waals surface area contributed by atoms with Gasteiger partial charge in [0.25, 0.3) is 11.7 Å². The summed E-state index contributed by atoms with van der Waals surface area (Å²) < 4.78 is 5.41. The van der Waals surface area contributed by atoms with Crippen LogP contribution in [0.5, 0.6) is 5.75 Å². The van der Waals surface area contributed by atoms with Crippen LogP contribution in [-0.4, -0.2) is 33.8 Å². The van der Waals surface area contributed by atoms with Gasteiger partial charge in [-0.05, 0) is 48.0 Å². The Kier molecular flexibility index (Phi) is 5.73. The highest BCUT2D eigenvalue weighted by Crippen LogP contribution is 2.40. The van der Waals surface area contributed by atoms with Gasteiger partial charge in [-0.25, -0.2) is 0 Å². The molecule has 1 aliphatic heterocycles. The van der Waals surface area contributed by atoms with E-state index in [1.807, 2.05) is 18.2 Å². The number of Topliss-reactive ketones (excluding diaryl/α,β-unsaturated/α-hetero) is 1. The summed E-state index contributed by atoms with van der Waals surface area (Å²) in [5, 5.41) is 11.5. The first-order valence-corrected chi connectivity index (χ1v) is 9.95. The summed E-state index contributed by atoms with van der Waals surface area (Å²) in [6, 6.07) is 16.4. The van der Waals surface area contributed by atoms with Crippen LogP contribution in [0.15, 0.2) is 78.6 Å². The molecule has 0 bridgehead atoms. The predicted molar refractivity (Wildman–Crippen MR) is 117 cm³/mol. The Balaban J connectivity index is 1.85. The highest BCUT2D eigenvalue weighted by atomic mass is 35.5. The number of halogens is 1. The SMILES string of the molecule is COc1ccccc1CN1C(=O)C(=O)/C(=C(/O)c2ccc(Cl)cc2)C1c1ccncc1. The van der Waals surface area contributed by atoms with Crippen molar-refractivity contribution < 1.29 is 19.4 Å². The molecule has 156 valence electrons. The van der Waals surface area contributed by atoms with Crippen LogP contribution in [0.25, 0.3) is 5.76 Å². The number of pyridine rings is 1. The number of hydrogen-bond donors (Lipinski definition) is 1. The summed E-state index contributed by atoms with van der Waals surface area (Å²) in [6.07, 6.45) is 3.17. The number of ether oxygens (including phenoxy) is 1. The molecule has 1 saturated heterocycles. The number of aliphatic hydroxyl groups excluding tert-OH is 1. The fourth-order valence-corrected chi connectivity index (χ4v) is 3.84. The Bertz CT molecular complexity index is 1160. The number of ketones is 1. The zero-order valence-corrected chi connectivity index (χ0v) is 17.4. The first-order chi connectivity index (χ1) is 15.0. The van der Waals surface area contributed by atoms with Crippen LogP contribution >= 0.6 is 11.6 Å². The number of carbonyl (C=O) groups is 2. The van der Waals surface area contributed by atoms with Crippen molar-refractivity contribution in [3.05, 3.63) is 100 Å². The molecule has 31 heavy (non-hydrogen) atoms. The van der Waals surface area contributed by atoms with Gasteiger partial charge in [-0.1, -0.05) is 29.8 Å². The monoisotopic (exact) mass is 434 g/mol. The molecule has 3 aromatic rings. The van der Waals surface area contributed by atoms with Crippen molar-refractivity contribution in [3.63, 3.8) is 0 Å². The lowest BCUT2D eigenvalue weighted by molar-refractivity contribution is -0.140. The number of aromatic nitrogens is 1. The molecule has 2 aromatic carbocycles. The first kappa shape index (κ1) is 20.6. The second kappa shape index (κ2) is 8.62. The molecule has 0 radical (unpaired) electrons. The summed E-state index contributed by atoms with van der Waals surface area (Å²) in [7, 11) is 1.55. The Morgan fingerprint density at radius 1 is 1.06 bits per heavy atom. The zero-order valence-electron chi connectivity index (χ0n) is 16.7. The number of benzene rings is 2. The third kappa shape index (κ3) is 3.90. The molecular formula is C24H19ClN2O4. The Morgan fingerprint density at radius 2 is 1.74 bits per heavy atom. The highest BCUT2D eigenvalue weighted by molar-refractivity contribution is 6.46. The minimum absolute atomic E-state index is 0.0217. The van der Waals surface area contributed by atoms with E-state index in [0.717, 1.165) is 5.56 Å². The van der Waals surface area contributed by atoms with E-state index in [0.29, 0.717) is 21.9 Å². The number of rotatable bonds is 5. The van der Waals surface area contributed by atoms with E-state index in [1.165, 1.54) is 4.90 Å². The molecule has 1 N–H and O–H groups in total. The number of hydrogen-bond acceptors (Lipinski definition) is 5. The van der Waals surface area contributed by atoms with E-state index >= 15 is 0 Å². The van der Waals surface area contributed by atoms with E-state index in [1.54, 1.807) is 62.0 Å². The van der Waals surface area contributed by atoms with Gasteiger partial charge in [0.1, 0.15) is 11.5 Å². The molecule has 0 spiro atoms. The molecule has 6 nitrogen and oxygen atoms in total. The van der Waals surface area contributed by atoms with Crippen molar-refractivity contribution in [2.75, 3.05) is 7.11 Å². The van der Waals surface area contributed by atoms with Gasteiger partial charge in [0.15, 0.2) is 0 Å². The number of likely N-dealkylation sites (tertiary alicyclic amines) is 1. The summed E-state index contributed by atoms with van der Waals surface area (Å²) in [5.74, 6) is -1.08. The average Bonchev–Trinajstić information content (AvgIpc) is 3.05. The Labute approximate surface area is 184 Å². The van der Waals surface area contributed by atoms with Crippen LogP contribution in [-0.2, 0) is 16.1 Å². The van der Waals surface area contributed by atoms with Gasteiger partial charge < -0.3 is 14.7 Å². The smallest absolute Gasteiger partial charge is 0.295 e. The third-order valence-electron chi connectivity index (χ3n) is 5.21. The second-order valence-electron chi connectivity index (χ2n) is 7.03. The first-order valence-electron chi connectivity index (χ1n) is 9.57. The second-order valence-corrected chi connectivity index (χ2v) is 7.46. The molecule has 1 fully saturated rings. The molecule has 7 heteroatoms. The van der Waals surface area contributed by atoms with Gasteiger partial charge in [0.05, 0.1) is 25.3 Å². The van der Waals surface area contributed by atoms with E-state index < -0.39 is 17.7 Å². The lowest BCUT2D eigenvalue weighted by Gasteiger charge is -2.26. The molecular weight excluding hydrogens is 416 g/mol. The molecule has 0 aliphatic carbocycles. The lowest BCUT2D eigenvalue weighted by atomic mass is 9.96. The predicted octanol–water partition coefficient (Wildman–Crippen LogP) is 4.37. The van der Waals surface area contributed by atoms with Crippen molar-refractivity contribution in [2.45, 2.75) is 12.6 Å². The molecule has 4 rings (SSSR count). The fraction of sp³-hybridized carbons (Fsp3) is 0.125. The number of methoxy groups -OCH3 is 1. The maximum atomic E-state index is 13.0. The topological polar surface area (TPSA) is 79.7 Å². The van der Waals surface area contributed by atoms with Crippen molar-refractivity contribution in [2.24, 2.45) is 0 Å². The van der Waals surface area contributed by atoms with E-state index in [-0.39, 0.29) is 17.9 Å². The van der Waals surface area contributed by atoms with Gasteiger partial charge in [0.2, 0.25) is 0 Å². The summed E-state index contributed by atoms with van der Waals surface area (Å²) in [6.45, 7) is 0.138. The molecule has 2 heterocycles. The number of nitrogens with zero attached hydrogens (tertiary/aromatic N) is 2. The molecule has 1 atom stereocenters. The van der Waals surface area contributed by atoms with Crippen molar-refractivity contribution >= 4 is 29.1 Å². The molecule has 1 aliphatic rings. The Morgan fingerprint density at radius 3 is 2.42 bits per heavy atom. The minimum Gasteiger partial charge on any atom is -0.507 e. The van der Waals surface area contributed by atoms with E-state index in [9.17, 15) is 14.7 Å². The van der Waals surface area contributed by atoms with Gasteiger partial charge in [-0.15, -0.1) is 0 Å². The van der Waals surface area contributed by atoms with Gasteiger partial charge in [-0.2, -0.15) is 0 Å². The summed E-state index contributed by atoms with van der Waals surface area (Å²) >= 11 is 5.95. The van der Waals surface area contributed by atoms with Crippen LogP contribution in [0.4, 0.5) is 0 Å². The quantitative estimate of drug-likeness (QED) is 0.366. The van der Waals surface area contributed by atoms with Crippen molar-refractivity contribution in [1.82, 2.24) is 9.88 Å². The largest absolute Gasteiger partial charge is 0.507 e. The van der Waals surface area contributed by atoms with Crippen LogP contribution in [0.2, 0.25) is 5.02 Å². The highest BCUT2D eigenvalue weighted by Gasteiger charge is 2.46. The number of amides is 1. The van der Waals surface area contributed by atoms with Gasteiger partial charge >= 0.3 is 0 Å². The number of aliphatic hydroxyl groups is 1. The Hall–Kier alpha value is -3.64. The van der Waals surface area contributed by atoms with Crippen molar-refractivity contribution in [1.29, 1.82) is 0 Å². The standard InChI is InChI=1S/C24H19ClN2O4/c1-31-19-5-3-2-4-17(19)14-27-21(15-10-12-26-13-11-15)20(23(29)24(27)30)22(28)16-6-8-18(25)9-7-16/h2-13,21,28H,14H2,1H3/b22-20+. The molecule has 1 amide bonds. The van der Waals surface area contributed by atoms with Crippen molar-refractivity contribution in [3.8, 4) is 5.75 Å². The lowest BCUT2D eigenvalue weighted by Crippen LogP contribution is -2.29. The molecule has 1 unspecified atom stereocenters. The number of carbonyl (C=O) groups excluding carboxylic acids is 2.